The molecule has 0 radical (unpaired) electrons. The van der Waals surface area contributed by atoms with E-state index in [0.29, 0.717) is 4.88 Å². The molecule has 0 atom stereocenters. The van der Waals surface area contributed by atoms with E-state index in [1.807, 2.05) is 18.2 Å². The molecule has 0 saturated heterocycles. The molecule has 0 fully saturated rings. The van der Waals surface area contributed by atoms with Gasteiger partial charge in [-0.1, -0.05) is 24.3 Å². The van der Waals surface area contributed by atoms with Crippen molar-refractivity contribution in [3.8, 4) is 5.75 Å². The lowest BCUT2D eigenvalue weighted by Gasteiger charge is -2.06. The molecule has 1 aromatic heterocycles. The van der Waals surface area contributed by atoms with Crippen LogP contribution in [0.2, 0.25) is 0 Å². The van der Waals surface area contributed by atoms with Gasteiger partial charge in [-0.2, -0.15) is 0 Å². The third-order valence-electron chi connectivity index (χ3n) is 3.99. The summed E-state index contributed by atoms with van der Waals surface area (Å²) in [7, 11) is 1.66. The fraction of sp³-hybridized carbons (Fsp3) is 0.211. The molecule has 1 heterocycles. The second-order valence-corrected chi connectivity index (χ2v) is 6.78. The van der Waals surface area contributed by atoms with Crippen LogP contribution in [0, 0.1) is 0 Å². The average molecular weight is 356 g/mol. The van der Waals surface area contributed by atoms with E-state index in [1.54, 1.807) is 18.7 Å². The highest BCUT2D eigenvalue weighted by Crippen LogP contribution is 2.26. The van der Waals surface area contributed by atoms with Gasteiger partial charge in [0.25, 0.3) is 5.91 Å². The third kappa shape index (κ3) is 4.36. The van der Waals surface area contributed by atoms with Crippen molar-refractivity contribution in [3.63, 3.8) is 0 Å². The van der Waals surface area contributed by atoms with Crippen molar-refractivity contribution in [1.29, 1.82) is 0 Å². The summed E-state index contributed by atoms with van der Waals surface area (Å²) in [5.41, 5.74) is 4.11. The number of methoxy groups -OCH3 is 1. The Morgan fingerprint density at radius 3 is 2.60 bits per heavy atom. The quantitative estimate of drug-likeness (QED) is 0.345. The van der Waals surface area contributed by atoms with Crippen LogP contribution in [0.3, 0.4) is 0 Å². The molecule has 3 aromatic rings. The molecular weight excluding hydrogens is 336 g/mol. The second-order valence-electron chi connectivity index (χ2n) is 5.70. The molecular formula is C19H20N2O3S. The molecule has 3 N–H and O–H groups in total. The number of carbonyl (C=O) groups is 1. The van der Waals surface area contributed by atoms with Crippen molar-refractivity contribution in [1.82, 2.24) is 10.8 Å². The van der Waals surface area contributed by atoms with Crippen LogP contribution in [0.25, 0.3) is 10.1 Å². The fourth-order valence-electron chi connectivity index (χ4n) is 2.61. The van der Waals surface area contributed by atoms with E-state index in [0.717, 1.165) is 35.3 Å². The maximum atomic E-state index is 11.5. The zero-order valence-electron chi connectivity index (χ0n) is 13.9. The Morgan fingerprint density at radius 2 is 1.88 bits per heavy atom. The number of hydrogen-bond acceptors (Lipinski definition) is 5. The number of amides is 1. The Bertz CT molecular complexity index is 859. The van der Waals surface area contributed by atoms with E-state index in [2.05, 4.69) is 29.6 Å². The van der Waals surface area contributed by atoms with E-state index in [-0.39, 0.29) is 0 Å². The molecule has 0 spiro atoms. The Hall–Kier alpha value is -2.41. The van der Waals surface area contributed by atoms with Gasteiger partial charge < -0.3 is 10.1 Å². The van der Waals surface area contributed by atoms with Gasteiger partial charge in [0, 0.05) is 11.2 Å². The number of rotatable bonds is 7. The van der Waals surface area contributed by atoms with E-state index < -0.39 is 5.91 Å². The summed E-state index contributed by atoms with van der Waals surface area (Å²) < 4.78 is 6.20. The van der Waals surface area contributed by atoms with E-state index >= 15 is 0 Å². The first-order valence-corrected chi connectivity index (χ1v) is 8.82. The summed E-state index contributed by atoms with van der Waals surface area (Å²) in [4.78, 5) is 12.0. The number of carbonyl (C=O) groups excluding carboxylic acids is 1. The zero-order valence-corrected chi connectivity index (χ0v) is 14.7. The molecule has 0 bridgehead atoms. The third-order valence-corrected chi connectivity index (χ3v) is 5.09. The minimum Gasteiger partial charge on any atom is -0.497 e. The van der Waals surface area contributed by atoms with E-state index in [1.165, 1.54) is 22.5 Å². The molecule has 0 unspecified atom stereocenters. The lowest BCUT2D eigenvalue weighted by Crippen LogP contribution is -2.16. The first kappa shape index (κ1) is 17.4. The highest BCUT2D eigenvalue weighted by atomic mass is 32.1. The molecule has 130 valence electrons. The molecule has 5 nitrogen and oxygen atoms in total. The Labute approximate surface area is 150 Å². The molecule has 6 heteroatoms. The SMILES string of the molecule is COc1ccc(CNCCc2ccc3cc(C(=O)NO)sc3c2)cc1. The normalized spacial score (nSPS) is 10.8. The highest BCUT2D eigenvalue weighted by Gasteiger charge is 2.09. The van der Waals surface area contributed by atoms with Crippen LogP contribution in [-0.4, -0.2) is 24.8 Å². The van der Waals surface area contributed by atoms with E-state index in [4.69, 9.17) is 9.94 Å². The van der Waals surface area contributed by atoms with Crippen LogP contribution < -0.4 is 15.5 Å². The van der Waals surface area contributed by atoms with Crippen LogP contribution >= 0.6 is 11.3 Å². The number of thiophene rings is 1. The van der Waals surface area contributed by atoms with Gasteiger partial charge in [0.15, 0.2) is 0 Å². The molecule has 2 aromatic carbocycles. The van der Waals surface area contributed by atoms with Crippen molar-refractivity contribution in [3.05, 3.63) is 64.5 Å². The molecule has 25 heavy (non-hydrogen) atoms. The summed E-state index contributed by atoms with van der Waals surface area (Å²) in [6, 6.07) is 16.0. The van der Waals surface area contributed by atoms with Gasteiger partial charge in [0.1, 0.15) is 5.75 Å². The first-order chi connectivity index (χ1) is 12.2. The lowest BCUT2D eigenvalue weighted by molar-refractivity contribution is 0.0711. The summed E-state index contributed by atoms with van der Waals surface area (Å²) in [5.74, 6) is 0.395. The number of hydroxylamine groups is 1. The maximum Gasteiger partial charge on any atom is 0.284 e. The van der Waals surface area contributed by atoms with E-state index in [9.17, 15) is 4.79 Å². The van der Waals surface area contributed by atoms with Gasteiger partial charge >= 0.3 is 0 Å². The van der Waals surface area contributed by atoms with Crippen molar-refractivity contribution in [2.45, 2.75) is 13.0 Å². The number of nitrogens with one attached hydrogen (secondary N) is 2. The molecule has 1 amide bonds. The maximum absolute atomic E-state index is 11.5. The number of hydrogen-bond donors (Lipinski definition) is 3. The average Bonchev–Trinajstić information content (AvgIpc) is 3.08. The summed E-state index contributed by atoms with van der Waals surface area (Å²) in [6.07, 6.45) is 0.908. The van der Waals surface area contributed by atoms with Crippen LogP contribution in [0.4, 0.5) is 0 Å². The van der Waals surface area contributed by atoms with Crippen LogP contribution in [0.15, 0.2) is 48.5 Å². The van der Waals surface area contributed by atoms with Crippen LogP contribution in [0.5, 0.6) is 5.75 Å². The van der Waals surface area contributed by atoms with Crippen molar-refractivity contribution < 1.29 is 14.7 Å². The predicted molar refractivity (Wildman–Crippen MR) is 99.5 cm³/mol. The highest BCUT2D eigenvalue weighted by molar-refractivity contribution is 7.20. The predicted octanol–water partition coefficient (Wildman–Crippen LogP) is 3.36. The zero-order chi connectivity index (χ0) is 17.6. The van der Waals surface area contributed by atoms with Crippen LogP contribution in [0.1, 0.15) is 20.8 Å². The second kappa shape index (κ2) is 8.11. The monoisotopic (exact) mass is 356 g/mol. The lowest BCUT2D eigenvalue weighted by atomic mass is 10.1. The fourth-order valence-corrected chi connectivity index (χ4v) is 3.62. The van der Waals surface area contributed by atoms with Gasteiger partial charge in [0.05, 0.1) is 12.0 Å². The Kier molecular flexibility index (Phi) is 5.65. The number of benzene rings is 2. The minimum atomic E-state index is -0.469. The van der Waals surface area contributed by atoms with Gasteiger partial charge in [0.2, 0.25) is 0 Å². The van der Waals surface area contributed by atoms with Crippen molar-refractivity contribution in [2.75, 3.05) is 13.7 Å². The molecule has 0 aliphatic heterocycles. The van der Waals surface area contributed by atoms with Gasteiger partial charge in [-0.05, 0) is 53.7 Å². The number of ether oxygens (including phenoxy) is 1. The molecule has 3 rings (SSSR count). The van der Waals surface area contributed by atoms with Crippen molar-refractivity contribution in [2.24, 2.45) is 0 Å². The van der Waals surface area contributed by atoms with Crippen molar-refractivity contribution >= 4 is 27.3 Å². The van der Waals surface area contributed by atoms with Crippen LogP contribution in [-0.2, 0) is 13.0 Å². The van der Waals surface area contributed by atoms with Gasteiger partial charge in [-0.25, -0.2) is 5.48 Å². The standard InChI is InChI=1S/C19H20N2O3S/c1-24-16-6-3-14(4-7-16)12-20-9-8-13-2-5-15-11-18(19(22)21-23)25-17(15)10-13/h2-7,10-11,20,23H,8-9,12H2,1H3,(H,21,22). The van der Waals surface area contributed by atoms with Gasteiger partial charge in [-0.15, -0.1) is 11.3 Å². The first-order valence-electron chi connectivity index (χ1n) is 8.00. The largest absolute Gasteiger partial charge is 0.497 e. The topological polar surface area (TPSA) is 70.6 Å². The summed E-state index contributed by atoms with van der Waals surface area (Å²) >= 11 is 1.38. The molecule has 0 aliphatic rings. The number of fused-ring (bicyclic) bond motifs is 1. The molecule has 0 saturated carbocycles. The Balaban J connectivity index is 1.54. The Morgan fingerprint density at radius 1 is 1.12 bits per heavy atom. The summed E-state index contributed by atoms with van der Waals surface area (Å²) in [6.45, 7) is 1.68. The van der Waals surface area contributed by atoms with Gasteiger partial charge in [-0.3, -0.25) is 10.0 Å². The molecule has 0 aliphatic carbocycles. The minimum absolute atomic E-state index is 0.469. The smallest absolute Gasteiger partial charge is 0.284 e. The summed E-state index contributed by atoms with van der Waals surface area (Å²) in [5, 5.41) is 13.2.